The number of carbonyl (C=O) groups excluding carboxylic acids is 1. The van der Waals surface area contributed by atoms with E-state index in [9.17, 15) is 4.79 Å². The van der Waals surface area contributed by atoms with Crippen LogP contribution in [-0.2, 0) is 4.74 Å². The van der Waals surface area contributed by atoms with Gasteiger partial charge in [0.05, 0.1) is 5.56 Å². The van der Waals surface area contributed by atoms with Crippen molar-refractivity contribution in [2.24, 2.45) is 0 Å². The van der Waals surface area contributed by atoms with Crippen molar-refractivity contribution in [1.29, 1.82) is 0 Å². The molecule has 0 saturated heterocycles. The maximum atomic E-state index is 11.8. The molecule has 3 heteroatoms. The molecule has 0 atom stereocenters. The standard InChI is InChI=1S/C15H23NO2/c1-4-5-11-16-15(2,3)12-18-14(17)13-9-7-6-8-10-13/h6-10,16H,4-5,11-12H2,1-3H3. The molecule has 0 aliphatic rings. The molecular weight excluding hydrogens is 226 g/mol. The lowest BCUT2D eigenvalue weighted by Crippen LogP contribution is -2.44. The zero-order chi connectivity index (χ0) is 13.4. The number of nitrogens with one attached hydrogen (secondary N) is 1. The van der Waals surface area contributed by atoms with E-state index >= 15 is 0 Å². The molecule has 1 N–H and O–H groups in total. The third-order valence-electron chi connectivity index (χ3n) is 2.71. The number of hydrogen-bond donors (Lipinski definition) is 1. The largest absolute Gasteiger partial charge is 0.460 e. The number of rotatable bonds is 7. The van der Waals surface area contributed by atoms with Gasteiger partial charge in [0.25, 0.3) is 0 Å². The first-order valence-corrected chi connectivity index (χ1v) is 6.52. The molecule has 0 amide bonds. The van der Waals surface area contributed by atoms with Crippen LogP contribution in [0.3, 0.4) is 0 Å². The van der Waals surface area contributed by atoms with E-state index in [4.69, 9.17) is 4.74 Å². The quantitative estimate of drug-likeness (QED) is 0.596. The molecule has 0 saturated carbocycles. The first-order valence-electron chi connectivity index (χ1n) is 6.52. The highest BCUT2D eigenvalue weighted by Crippen LogP contribution is 2.07. The highest BCUT2D eigenvalue weighted by atomic mass is 16.5. The first kappa shape index (κ1) is 14.7. The molecule has 0 unspecified atom stereocenters. The fourth-order valence-corrected chi connectivity index (χ4v) is 1.56. The molecule has 0 aliphatic carbocycles. The van der Waals surface area contributed by atoms with Crippen molar-refractivity contribution in [2.75, 3.05) is 13.2 Å². The summed E-state index contributed by atoms with van der Waals surface area (Å²) >= 11 is 0. The van der Waals surface area contributed by atoms with Crippen molar-refractivity contribution in [3.8, 4) is 0 Å². The van der Waals surface area contributed by atoms with E-state index in [1.165, 1.54) is 0 Å². The van der Waals surface area contributed by atoms with E-state index in [1.807, 2.05) is 32.0 Å². The van der Waals surface area contributed by atoms with Crippen LogP contribution >= 0.6 is 0 Å². The van der Waals surface area contributed by atoms with Crippen molar-refractivity contribution in [1.82, 2.24) is 5.32 Å². The van der Waals surface area contributed by atoms with Crippen LogP contribution in [0.25, 0.3) is 0 Å². The number of hydrogen-bond acceptors (Lipinski definition) is 3. The number of ether oxygens (including phenoxy) is 1. The molecule has 0 radical (unpaired) electrons. The van der Waals surface area contributed by atoms with Gasteiger partial charge in [-0.15, -0.1) is 0 Å². The van der Waals surface area contributed by atoms with Gasteiger partial charge in [0.1, 0.15) is 6.61 Å². The Labute approximate surface area is 110 Å². The molecule has 0 aliphatic heterocycles. The van der Waals surface area contributed by atoms with Crippen LogP contribution < -0.4 is 5.32 Å². The van der Waals surface area contributed by atoms with Gasteiger partial charge >= 0.3 is 5.97 Å². The third-order valence-corrected chi connectivity index (χ3v) is 2.71. The number of esters is 1. The molecule has 3 nitrogen and oxygen atoms in total. The van der Waals surface area contributed by atoms with Crippen molar-refractivity contribution in [2.45, 2.75) is 39.2 Å². The molecule has 0 heterocycles. The fourth-order valence-electron chi connectivity index (χ4n) is 1.56. The van der Waals surface area contributed by atoms with Crippen LogP contribution in [0.4, 0.5) is 0 Å². The molecule has 100 valence electrons. The number of unbranched alkanes of at least 4 members (excludes halogenated alkanes) is 1. The Kier molecular flexibility index (Phi) is 5.86. The minimum atomic E-state index is -0.263. The van der Waals surface area contributed by atoms with Gasteiger partial charge in [0, 0.05) is 5.54 Å². The SMILES string of the molecule is CCCCNC(C)(C)COC(=O)c1ccccc1. The zero-order valence-electron chi connectivity index (χ0n) is 11.5. The van der Waals surface area contributed by atoms with Gasteiger partial charge in [-0.2, -0.15) is 0 Å². The topological polar surface area (TPSA) is 38.3 Å². The summed E-state index contributed by atoms with van der Waals surface area (Å²) in [4.78, 5) is 11.8. The molecule has 1 aromatic carbocycles. The van der Waals surface area contributed by atoms with Crippen LogP contribution in [0.1, 0.15) is 44.0 Å². The van der Waals surface area contributed by atoms with E-state index in [-0.39, 0.29) is 11.5 Å². The molecule has 1 rings (SSSR count). The van der Waals surface area contributed by atoms with Gasteiger partial charge in [0.15, 0.2) is 0 Å². The molecule has 0 bridgehead atoms. The summed E-state index contributed by atoms with van der Waals surface area (Å²) in [6.07, 6.45) is 2.29. The van der Waals surface area contributed by atoms with Gasteiger partial charge in [-0.25, -0.2) is 4.79 Å². The minimum Gasteiger partial charge on any atom is -0.460 e. The summed E-state index contributed by atoms with van der Waals surface area (Å²) in [6.45, 7) is 7.57. The van der Waals surface area contributed by atoms with Gasteiger partial charge in [-0.1, -0.05) is 31.5 Å². The lowest BCUT2D eigenvalue weighted by molar-refractivity contribution is 0.0400. The number of carbonyl (C=O) groups is 1. The molecule has 1 aromatic rings. The predicted octanol–water partition coefficient (Wildman–Crippen LogP) is 3.01. The lowest BCUT2D eigenvalue weighted by atomic mass is 10.1. The Hall–Kier alpha value is -1.35. The molecule has 0 spiro atoms. The van der Waals surface area contributed by atoms with Crippen molar-refractivity contribution < 1.29 is 9.53 Å². The Morgan fingerprint density at radius 2 is 1.94 bits per heavy atom. The highest BCUT2D eigenvalue weighted by Gasteiger charge is 2.19. The number of benzene rings is 1. The monoisotopic (exact) mass is 249 g/mol. The third kappa shape index (κ3) is 5.32. The van der Waals surface area contributed by atoms with Crippen LogP contribution in [0.2, 0.25) is 0 Å². The smallest absolute Gasteiger partial charge is 0.338 e. The van der Waals surface area contributed by atoms with Gasteiger partial charge in [-0.3, -0.25) is 0 Å². The molecule has 0 fully saturated rings. The van der Waals surface area contributed by atoms with Crippen LogP contribution in [0.15, 0.2) is 30.3 Å². The highest BCUT2D eigenvalue weighted by molar-refractivity contribution is 5.89. The second-order valence-electron chi connectivity index (χ2n) is 5.11. The summed E-state index contributed by atoms with van der Waals surface area (Å²) in [6, 6.07) is 9.08. The Morgan fingerprint density at radius 3 is 2.56 bits per heavy atom. The fraction of sp³-hybridized carbons (Fsp3) is 0.533. The van der Waals surface area contributed by atoms with Gasteiger partial charge in [-0.05, 0) is 38.9 Å². The van der Waals surface area contributed by atoms with Crippen molar-refractivity contribution in [3.63, 3.8) is 0 Å². The average Bonchev–Trinajstić information content (AvgIpc) is 2.37. The maximum Gasteiger partial charge on any atom is 0.338 e. The summed E-state index contributed by atoms with van der Waals surface area (Å²) < 4.78 is 5.32. The van der Waals surface area contributed by atoms with Gasteiger partial charge < -0.3 is 10.1 Å². The summed E-state index contributed by atoms with van der Waals surface area (Å²) in [7, 11) is 0. The van der Waals surface area contributed by atoms with Crippen molar-refractivity contribution >= 4 is 5.97 Å². The van der Waals surface area contributed by atoms with Crippen LogP contribution in [0, 0.1) is 0 Å². The lowest BCUT2D eigenvalue weighted by Gasteiger charge is -2.25. The van der Waals surface area contributed by atoms with E-state index in [2.05, 4.69) is 12.2 Å². The molecule has 18 heavy (non-hydrogen) atoms. The molecular formula is C15H23NO2. The average molecular weight is 249 g/mol. The van der Waals surface area contributed by atoms with E-state index in [1.54, 1.807) is 12.1 Å². The summed E-state index contributed by atoms with van der Waals surface area (Å²) in [5, 5.41) is 3.39. The van der Waals surface area contributed by atoms with E-state index in [0.29, 0.717) is 12.2 Å². The van der Waals surface area contributed by atoms with Gasteiger partial charge in [0.2, 0.25) is 0 Å². The maximum absolute atomic E-state index is 11.8. The van der Waals surface area contributed by atoms with E-state index in [0.717, 1.165) is 19.4 Å². The van der Waals surface area contributed by atoms with Crippen LogP contribution in [-0.4, -0.2) is 24.7 Å². The predicted molar refractivity (Wildman–Crippen MR) is 73.7 cm³/mol. The first-order chi connectivity index (χ1) is 8.55. The second-order valence-corrected chi connectivity index (χ2v) is 5.11. The summed E-state index contributed by atoms with van der Waals surface area (Å²) in [5.41, 5.74) is 0.418. The van der Waals surface area contributed by atoms with E-state index < -0.39 is 0 Å². The Balaban J connectivity index is 2.37. The minimum absolute atomic E-state index is 0.181. The molecule has 0 aromatic heterocycles. The zero-order valence-corrected chi connectivity index (χ0v) is 11.5. The van der Waals surface area contributed by atoms with Crippen molar-refractivity contribution in [3.05, 3.63) is 35.9 Å². The van der Waals surface area contributed by atoms with Crippen LogP contribution in [0.5, 0.6) is 0 Å². The second kappa shape index (κ2) is 7.17. The Bertz CT molecular complexity index is 360. The summed E-state index contributed by atoms with van der Waals surface area (Å²) in [5.74, 6) is -0.263. The normalized spacial score (nSPS) is 11.3. The Morgan fingerprint density at radius 1 is 1.28 bits per heavy atom.